The number of hydrogen-bond donors (Lipinski definition) is 0. The van der Waals surface area contributed by atoms with Gasteiger partial charge in [0.1, 0.15) is 4.75 Å². The average molecular weight is 230 g/mol. The first-order valence-electron chi connectivity index (χ1n) is 4.49. The molecular formula is C10H14O4S. The van der Waals surface area contributed by atoms with Crippen LogP contribution in [0.2, 0.25) is 0 Å². The number of sulfone groups is 1. The van der Waals surface area contributed by atoms with Crippen molar-refractivity contribution >= 4 is 15.6 Å². The van der Waals surface area contributed by atoms with Gasteiger partial charge in [-0.3, -0.25) is 4.79 Å². The maximum atomic E-state index is 11.8. The van der Waals surface area contributed by atoms with Crippen LogP contribution in [0.3, 0.4) is 0 Å². The molecule has 0 atom stereocenters. The molecular weight excluding hydrogens is 216 g/mol. The van der Waals surface area contributed by atoms with E-state index in [4.69, 9.17) is 4.42 Å². The number of Topliss-reactive ketones (excluding diaryl/α,β-unsaturated/α-hetero) is 1. The molecule has 0 radical (unpaired) electrons. The molecule has 0 aliphatic heterocycles. The molecule has 0 bridgehead atoms. The zero-order chi connectivity index (χ0) is 11.7. The molecule has 0 N–H and O–H groups in total. The Balaban J connectivity index is 2.87. The topological polar surface area (TPSA) is 64.3 Å². The Hall–Kier alpha value is -1.10. The van der Waals surface area contributed by atoms with Crippen molar-refractivity contribution in [2.24, 2.45) is 0 Å². The van der Waals surface area contributed by atoms with Crippen LogP contribution in [0, 0.1) is 0 Å². The van der Waals surface area contributed by atoms with E-state index in [9.17, 15) is 13.2 Å². The Morgan fingerprint density at radius 1 is 1.47 bits per heavy atom. The summed E-state index contributed by atoms with van der Waals surface area (Å²) in [6, 6.07) is 1.65. The van der Waals surface area contributed by atoms with Crippen LogP contribution in [0.5, 0.6) is 0 Å². The number of carbonyl (C=O) groups is 1. The highest BCUT2D eigenvalue weighted by atomic mass is 32.2. The van der Waals surface area contributed by atoms with Gasteiger partial charge in [0, 0.05) is 12.7 Å². The lowest BCUT2D eigenvalue weighted by Gasteiger charge is -2.20. The van der Waals surface area contributed by atoms with Crippen molar-refractivity contribution in [1.82, 2.24) is 0 Å². The molecule has 0 aromatic carbocycles. The number of hydrogen-bond acceptors (Lipinski definition) is 4. The summed E-state index contributed by atoms with van der Waals surface area (Å²) in [6.07, 6.45) is 4.04. The third kappa shape index (κ3) is 2.47. The zero-order valence-corrected chi connectivity index (χ0v) is 9.80. The molecule has 84 valence electrons. The average Bonchev–Trinajstić information content (AvgIpc) is 2.54. The summed E-state index contributed by atoms with van der Waals surface area (Å²) < 4.78 is 26.2. The molecule has 0 saturated heterocycles. The van der Waals surface area contributed by atoms with Gasteiger partial charge in [-0.15, -0.1) is 0 Å². The molecule has 0 aliphatic rings. The highest BCUT2D eigenvalue weighted by Gasteiger charge is 2.37. The first-order valence-corrected chi connectivity index (χ1v) is 6.38. The van der Waals surface area contributed by atoms with Crippen LogP contribution in [0.1, 0.15) is 19.4 Å². The molecule has 0 spiro atoms. The van der Waals surface area contributed by atoms with E-state index in [-0.39, 0.29) is 12.2 Å². The predicted molar refractivity (Wildman–Crippen MR) is 56.3 cm³/mol. The fraction of sp³-hybridized carbons (Fsp3) is 0.500. The van der Waals surface area contributed by atoms with E-state index in [0.717, 1.165) is 6.26 Å². The highest BCUT2D eigenvalue weighted by Crippen LogP contribution is 2.19. The Kier molecular flexibility index (Phi) is 3.04. The lowest BCUT2D eigenvalue weighted by Crippen LogP contribution is -2.40. The number of rotatable bonds is 4. The van der Waals surface area contributed by atoms with Crippen molar-refractivity contribution in [3.8, 4) is 0 Å². The number of carbonyl (C=O) groups excluding carboxylic acids is 1. The molecule has 0 fully saturated rings. The molecule has 1 aromatic heterocycles. The van der Waals surface area contributed by atoms with Gasteiger partial charge in [-0.1, -0.05) is 0 Å². The maximum absolute atomic E-state index is 11.8. The summed E-state index contributed by atoms with van der Waals surface area (Å²) in [4.78, 5) is 11.8. The van der Waals surface area contributed by atoms with Gasteiger partial charge >= 0.3 is 0 Å². The van der Waals surface area contributed by atoms with Crippen molar-refractivity contribution in [3.63, 3.8) is 0 Å². The van der Waals surface area contributed by atoms with Crippen LogP contribution in [0.4, 0.5) is 0 Å². The molecule has 15 heavy (non-hydrogen) atoms. The first-order chi connectivity index (χ1) is 6.75. The normalized spacial score (nSPS) is 12.7. The van der Waals surface area contributed by atoms with E-state index in [1.165, 1.54) is 26.4 Å². The van der Waals surface area contributed by atoms with Gasteiger partial charge in [0.05, 0.1) is 12.5 Å². The van der Waals surface area contributed by atoms with Gasteiger partial charge in [-0.2, -0.15) is 0 Å². The molecule has 1 aromatic rings. The van der Waals surface area contributed by atoms with E-state index in [1.807, 2.05) is 0 Å². The Morgan fingerprint density at radius 2 is 2.07 bits per heavy atom. The largest absolute Gasteiger partial charge is 0.472 e. The smallest absolute Gasteiger partial charge is 0.159 e. The van der Waals surface area contributed by atoms with E-state index in [1.54, 1.807) is 6.07 Å². The first kappa shape index (κ1) is 12.0. The van der Waals surface area contributed by atoms with E-state index in [0.29, 0.717) is 5.56 Å². The molecule has 0 unspecified atom stereocenters. The quantitative estimate of drug-likeness (QED) is 0.780. The molecule has 5 heteroatoms. The van der Waals surface area contributed by atoms with Crippen LogP contribution in [0.15, 0.2) is 23.0 Å². The number of ketones is 1. The van der Waals surface area contributed by atoms with Gasteiger partial charge in [-0.05, 0) is 25.5 Å². The lowest BCUT2D eigenvalue weighted by molar-refractivity contribution is -0.120. The summed E-state index contributed by atoms with van der Waals surface area (Å²) in [6.45, 7) is 2.84. The Bertz CT molecular complexity index is 440. The number of furan rings is 1. The summed E-state index contributed by atoms with van der Waals surface area (Å²) >= 11 is 0. The summed E-state index contributed by atoms with van der Waals surface area (Å²) in [7, 11) is -3.38. The standard InChI is InChI=1S/C10H14O4S/c1-10(2,15(3,12)13)9(11)6-8-4-5-14-7-8/h4-5,7H,6H2,1-3H3. The van der Waals surface area contributed by atoms with E-state index < -0.39 is 14.6 Å². The van der Waals surface area contributed by atoms with Crippen molar-refractivity contribution in [2.75, 3.05) is 6.26 Å². The van der Waals surface area contributed by atoms with Gasteiger partial charge in [0.2, 0.25) is 0 Å². The minimum absolute atomic E-state index is 0.0799. The predicted octanol–water partition coefficient (Wildman–Crippen LogP) is 1.21. The molecule has 4 nitrogen and oxygen atoms in total. The fourth-order valence-corrected chi connectivity index (χ4v) is 1.48. The van der Waals surface area contributed by atoms with Gasteiger partial charge in [0.25, 0.3) is 0 Å². The minimum Gasteiger partial charge on any atom is -0.472 e. The van der Waals surface area contributed by atoms with E-state index >= 15 is 0 Å². The Morgan fingerprint density at radius 3 is 2.47 bits per heavy atom. The van der Waals surface area contributed by atoms with Gasteiger partial charge in [-0.25, -0.2) is 8.42 Å². The lowest BCUT2D eigenvalue weighted by atomic mass is 10.0. The van der Waals surface area contributed by atoms with Crippen LogP contribution in [-0.4, -0.2) is 25.2 Å². The highest BCUT2D eigenvalue weighted by molar-refractivity contribution is 7.92. The van der Waals surface area contributed by atoms with Gasteiger partial charge in [0.15, 0.2) is 15.6 Å². The van der Waals surface area contributed by atoms with Crippen molar-refractivity contribution < 1.29 is 17.6 Å². The summed E-state index contributed by atoms with van der Waals surface area (Å²) in [5, 5.41) is 0. The van der Waals surface area contributed by atoms with Crippen molar-refractivity contribution in [2.45, 2.75) is 25.0 Å². The molecule has 0 saturated carbocycles. The van der Waals surface area contributed by atoms with Crippen molar-refractivity contribution in [1.29, 1.82) is 0 Å². The second kappa shape index (κ2) is 3.81. The summed E-state index contributed by atoms with van der Waals surface area (Å²) in [5.74, 6) is -0.327. The van der Waals surface area contributed by atoms with Crippen LogP contribution < -0.4 is 0 Å². The third-order valence-electron chi connectivity index (χ3n) is 2.54. The van der Waals surface area contributed by atoms with E-state index in [2.05, 4.69) is 0 Å². The van der Waals surface area contributed by atoms with Crippen molar-refractivity contribution in [3.05, 3.63) is 24.2 Å². The van der Waals surface area contributed by atoms with Crippen LogP contribution >= 0.6 is 0 Å². The van der Waals surface area contributed by atoms with Crippen LogP contribution in [-0.2, 0) is 21.1 Å². The Labute approximate surface area is 89.2 Å². The van der Waals surface area contributed by atoms with Gasteiger partial charge < -0.3 is 4.42 Å². The zero-order valence-electron chi connectivity index (χ0n) is 8.98. The second-order valence-electron chi connectivity index (χ2n) is 4.01. The SMILES string of the molecule is CC(C)(C(=O)Cc1ccoc1)S(C)(=O)=O. The minimum atomic E-state index is -3.38. The fourth-order valence-electron chi connectivity index (χ4n) is 0.998. The molecule has 1 rings (SSSR count). The molecule has 1 heterocycles. The van der Waals surface area contributed by atoms with Crippen LogP contribution in [0.25, 0.3) is 0 Å². The molecule has 0 aliphatic carbocycles. The maximum Gasteiger partial charge on any atom is 0.159 e. The second-order valence-corrected chi connectivity index (χ2v) is 6.58. The monoisotopic (exact) mass is 230 g/mol. The molecule has 0 amide bonds. The summed E-state index contributed by atoms with van der Waals surface area (Å²) in [5.41, 5.74) is 0.691. The third-order valence-corrected chi connectivity index (χ3v) is 4.62.